The number of hydrogen-bond acceptors (Lipinski definition) is 4. The van der Waals surface area contributed by atoms with Crippen LogP contribution in [0.3, 0.4) is 0 Å². The molecule has 1 saturated heterocycles. The van der Waals surface area contributed by atoms with Gasteiger partial charge < -0.3 is 10.3 Å². The van der Waals surface area contributed by atoms with Crippen LogP contribution in [-0.2, 0) is 13.1 Å². The summed E-state index contributed by atoms with van der Waals surface area (Å²) in [5.74, 6) is 0.715. The predicted octanol–water partition coefficient (Wildman–Crippen LogP) is 4.06. The van der Waals surface area contributed by atoms with Crippen molar-refractivity contribution in [2.75, 3.05) is 13.1 Å². The van der Waals surface area contributed by atoms with Crippen LogP contribution in [-0.4, -0.2) is 23.1 Å². The lowest BCUT2D eigenvalue weighted by Gasteiger charge is -2.17. The van der Waals surface area contributed by atoms with Crippen molar-refractivity contribution in [1.82, 2.24) is 10.1 Å². The number of likely N-dealkylation sites (tertiary alicyclic amines) is 1. The van der Waals surface area contributed by atoms with E-state index in [9.17, 15) is 0 Å². The van der Waals surface area contributed by atoms with Crippen LogP contribution in [0.15, 0.2) is 59.1 Å². The second-order valence-electron chi connectivity index (χ2n) is 6.60. The molecule has 4 heteroatoms. The van der Waals surface area contributed by atoms with Crippen LogP contribution < -0.4 is 5.73 Å². The zero-order valence-corrected chi connectivity index (χ0v) is 14.3. The second-order valence-corrected chi connectivity index (χ2v) is 6.60. The zero-order valence-electron chi connectivity index (χ0n) is 14.3. The number of benzene rings is 2. The van der Waals surface area contributed by atoms with Crippen molar-refractivity contribution in [2.24, 2.45) is 5.73 Å². The first-order chi connectivity index (χ1) is 12.3. The van der Waals surface area contributed by atoms with E-state index in [2.05, 4.69) is 52.5 Å². The van der Waals surface area contributed by atoms with Gasteiger partial charge in [-0.25, -0.2) is 0 Å². The lowest BCUT2D eigenvalue weighted by Crippen LogP contribution is -2.18. The maximum Gasteiger partial charge on any atom is 0.150 e. The molecule has 128 valence electrons. The summed E-state index contributed by atoms with van der Waals surface area (Å²) < 4.78 is 5.35. The van der Waals surface area contributed by atoms with Gasteiger partial charge in [-0.05, 0) is 48.7 Å². The predicted molar refractivity (Wildman–Crippen MR) is 99.8 cm³/mol. The highest BCUT2D eigenvalue weighted by molar-refractivity contribution is 5.73. The van der Waals surface area contributed by atoms with Crippen LogP contribution in [0.2, 0.25) is 0 Å². The van der Waals surface area contributed by atoms with Gasteiger partial charge in [0.05, 0.1) is 6.54 Å². The van der Waals surface area contributed by atoms with E-state index < -0.39 is 0 Å². The molecule has 1 aliphatic heterocycles. The van der Waals surface area contributed by atoms with E-state index in [1.165, 1.54) is 42.6 Å². The SMILES string of the molecule is NCc1cc(-c2cc(-c3ccccc3)ccc2CN2CCCC2)no1. The molecule has 0 spiro atoms. The summed E-state index contributed by atoms with van der Waals surface area (Å²) >= 11 is 0. The molecule has 4 rings (SSSR count). The van der Waals surface area contributed by atoms with Crippen molar-refractivity contribution in [3.8, 4) is 22.4 Å². The topological polar surface area (TPSA) is 55.3 Å². The van der Waals surface area contributed by atoms with Gasteiger partial charge in [0.2, 0.25) is 0 Å². The van der Waals surface area contributed by atoms with Gasteiger partial charge in [0.1, 0.15) is 5.69 Å². The molecule has 1 aliphatic rings. The lowest BCUT2D eigenvalue weighted by atomic mass is 9.97. The molecule has 0 bridgehead atoms. The summed E-state index contributed by atoms with van der Waals surface area (Å²) in [4.78, 5) is 2.50. The Morgan fingerprint density at radius 1 is 0.960 bits per heavy atom. The van der Waals surface area contributed by atoms with Gasteiger partial charge in [0.25, 0.3) is 0 Å². The molecule has 4 nitrogen and oxygen atoms in total. The summed E-state index contributed by atoms with van der Waals surface area (Å²) in [6.45, 7) is 3.67. The van der Waals surface area contributed by atoms with Crippen LogP contribution in [0.5, 0.6) is 0 Å². The van der Waals surface area contributed by atoms with Crippen LogP contribution in [0.4, 0.5) is 0 Å². The first-order valence-electron chi connectivity index (χ1n) is 8.90. The summed E-state index contributed by atoms with van der Waals surface area (Å²) in [6, 6.07) is 19.0. The quantitative estimate of drug-likeness (QED) is 0.765. The third-order valence-electron chi connectivity index (χ3n) is 4.85. The normalized spacial score (nSPS) is 14.9. The van der Waals surface area contributed by atoms with Gasteiger partial charge in [-0.3, -0.25) is 4.90 Å². The van der Waals surface area contributed by atoms with Gasteiger partial charge in [-0.2, -0.15) is 0 Å². The Balaban J connectivity index is 1.74. The molecule has 0 radical (unpaired) electrons. The van der Waals surface area contributed by atoms with Gasteiger partial charge >= 0.3 is 0 Å². The molecule has 25 heavy (non-hydrogen) atoms. The summed E-state index contributed by atoms with van der Waals surface area (Å²) in [7, 11) is 0. The summed E-state index contributed by atoms with van der Waals surface area (Å²) in [5.41, 5.74) is 11.4. The monoisotopic (exact) mass is 333 g/mol. The van der Waals surface area contributed by atoms with Gasteiger partial charge in [-0.15, -0.1) is 0 Å². The zero-order chi connectivity index (χ0) is 17.1. The molecule has 0 unspecified atom stereocenters. The van der Waals surface area contributed by atoms with Crippen molar-refractivity contribution < 1.29 is 4.52 Å². The summed E-state index contributed by atoms with van der Waals surface area (Å²) in [6.07, 6.45) is 2.58. The van der Waals surface area contributed by atoms with Crippen molar-refractivity contribution in [3.63, 3.8) is 0 Å². The average molecular weight is 333 g/mol. The van der Waals surface area contributed by atoms with Gasteiger partial charge in [-0.1, -0.05) is 47.6 Å². The van der Waals surface area contributed by atoms with E-state index in [0.717, 1.165) is 17.8 Å². The molecule has 2 N–H and O–H groups in total. The lowest BCUT2D eigenvalue weighted by molar-refractivity contribution is 0.331. The number of nitrogens with zero attached hydrogens (tertiary/aromatic N) is 2. The van der Waals surface area contributed by atoms with Crippen LogP contribution in [0.1, 0.15) is 24.2 Å². The molecule has 0 aliphatic carbocycles. The minimum atomic E-state index is 0.368. The van der Waals surface area contributed by atoms with E-state index in [0.29, 0.717) is 12.3 Å². The van der Waals surface area contributed by atoms with E-state index >= 15 is 0 Å². The first-order valence-corrected chi connectivity index (χ1v) is 8.90. The first kappa shape index (κ1) is 16.1. The van der Waals surface area contributed by atoms with Crippen LogP contribution in [0, 0.1) is 0 Å². The minimum absolute atomic E-state index is 0.368. The molecule has 1 fully saturated rings. The summed E-state index contributed by atoms with van der Waals surface area (Å²) in [5, 5.41) is 4.25. The Morgan fingerprint density at radius 2 is 1.76 bits per heavy atom. The Morgan fingerprint density at radius 3 is 2.48 bits per heavy atom. The maximum absolute atomic E-state index is 5.69. The fraction of sp³-hybridized carbons (Fsp3) is 0.286. The number of hydrogen-bond donors (Lipinski definition) is 1. The number of nitrogens with two attached hydrogens (primary N) is 1. The third kappa shape index (κ3) is 3.50. The smallest absolute Gasteiger partial charge is 0.150 e. The molecule has 0 amide bonds. The second kappa shape index (κ2) is 7.21. The Bertz CT molecular complexity index is 835. The molecular formula is C21H23N3O. The number of aromatic nitrogens is 1. The minimum Gasteiger partial charge on any atom is -0.359 e. The largest absolute Gasteiger partial charge is 0.359 e. The van der Waals surface area contributed by atoms with E-state index in [4.69, 9.17) is 10.3 Å². The Kier molecular flexibility index (Phi) is 4.63. The molecule has 0 atom stereocenters. The van der Waals surface area contributed by atoms with Crippen molar-refractivity contribution in [1.29, 1.82) is 0 Å². The van der Waals surface area contributed by atoms with Crippen molar-refractivity contribution >= 4 is 0 Å². The van der Waals surface area contributed by atoms with E-state index in [1.807, 2.05) is 12.1 Å². The molecule has 0 saturated carbocycles. The van der Waals surface area contributed by atoms with Crippen molar-refractivity contribution in [3.05, 3.63) is 65.9 Å². The Labute approximate surface area is 148 Å². The molecular weight excluding hydrogens is 310 g/mol. The fourth-order valence-corrected chi connectivity index (χ4v) is 3.48. The highest BCUT2D eigenvalue weighted by atomic mass is 16.5. The Hall–Kier alpha value is -2.43. The molecule has 2 heterocycles. The standard InChI is InChI=1S/C21H23N3O/c22-14-19-13-21(23-25-19)20-12-17(16-6-2-1-3-7-16)8-9-18(20)15-24-10-4-5-11-24/h1-3,6-9,12-13H,4-5,10-11,14-15,22H2. The van der Waals surface area contributed by atoms with Crippen LogP contribution in [0.25, 0.3) is 22.4 Å². The van der Waals surface area contributed by atoms with Crippen LogP contribution >= 0.6 is 0 Å². The van der Waals surface area contributed by atoms with Gasteiger partial charge in [0, 0.05) is 18.2 Å². The van der Waals surface area contributed by atoms with Gasteiger partial charge in [0.15, 0.2) is 5.76 Å². The highest BCUT2D eigenvalue weighted by Gasteiger charge is 2.17. The average Bonchev–Trinajstić information content (AvgIpc) is 3.34. The fourth-order valence-electron chi connectivity index (χ4n) is 3.48. The molecule has 2 aromatic carbocycles. The number of rotatable bonds is 5. The molecule has 3 aromatic rings. The maximum atomic E-state index is 5.69. The third-order valence-corrected chi connectivity index (χ3v) is 4.85. The highest BCUT2D eigenvalue weighted by Crippen LogP contribution is 2.31. The van der Waals surface area contributed by atoms with E-state index in [-0.39, 0.29) is 0 Å². The van der Waals surface area contributed by atoms with Crippen molar-refractivity contribution in [2.45, 2.75) is 25.9 Å². The molecule has 1 aromatic heterocycles. The van der Waals surface area contributed by atoms with E-state index in [1.54, 1.807) is 0 Å².